The molecule has 0 bridgehead atoms. The van der Waals surface area contributed by atoms with Crippen LogP contribution < -0.4 is 5.32 Å². The summed E-state index contributed by atoms with van der Waals surface area (Å²) in [4.78, 5) is 22.7. The Kier molecular flexibility index (Phi) is 3.80. The van der Waals surface area contributed by atoms with Crippen molar-refractivity contribution in [3.8, 4) is 0 Å². The second-order valence-corrected chi connectivity index (χ2v) is 4.60. The van der Waals surface area contributed by atoms with E-state index in [-0.39, 0.29) is 12.5 Å². The van der Waals surface area contributed by atoms with E-state index in [0.717, 1.165) is 23.1 Å². The molecule has 0 spiro atoms. The van der Waals surface area contributed by atoms with Crippen LogP contribution in [0.5, 0.6) is 0 Å². The first-order chi connectivity index (χ1) is 9.08. The molecular weight excluding hydrogens is 240 g/mol. The summed E-state index contributed by atoms with van der Waals surface area (Å²) in [5.41, 5.74) is 3.48. The summed E-state index contributed by atoms with van der Waals surface area (Å²) in [6.45, 7) is 4.10. The van der Waals surface area contributed by atoms with Gasteiger partial charge in [0.25, 0.3) is 0 Å². The maximum absolute atomic E-state index is 11.9. The molecule has 0 saturated heterocycles. The summed E-state index contributed by atoms with van der Waals surface area (Å²) in [6.07, 6.45) is 2.45. The van der Waals surface area contributed by atoms with Gasteiger partial charge in [-0.15, -0.1) is 0 Å². The third-order valence-electron chi connectivity index (χ3n) is 2.80. The zero-order valence-electron chi connectivity index (χ0n) is 11.0. The number of hydrogen-bond acceptors (Lipinski definition) is 2. The molecule has 0 aliphatic rings. The van der Waals surface area contributed by atoms with E-state index in [4.69, 9.17) is 0 Å². The highest BCUT2D eigenvalue weighted by Crippen LogP contribution is 2.13. The number of aryl methyl sites for hydroxylation is 2. The summed E-state index contributed by atoms with van der Waals surface area (Å²) in [7, 11) is 0. The Morgan fingerprint density at radius 2 is 1.95 bits per heavy atom. The van der Waals surface area contributed by atoms with Gasteiger partial charge in [0.05, 0.1) is 5.69 Å². The van der Waals surface area contributed by atoms with Gasteiger partial charge in [-0.1, -0.05) is 6.07 Å². The normalized spacial score (nSPS) is 10.2. The maximum atomic E-state index is 11.9. The number of nitrogens with one attached hydrogen (secondary N) is 1. The molecule has 4 nitrogen and oxygen atoms in total. The summed E-state index contributed by atoms with van der Waals surface area (Å²) in [6, 6.07) is 9.30. The number of benzene rings is 1. The molecule has 0 unspecified atom stereocenters. The fourth-order valence-corrected chi connectivity index (χ4v) is 2.08. The van der Waals surface area contributed by atoms with Crippen molar-refractivity contribution in [2.45, 2.75) is 20.4 Å². The number of carbonyl (C=O) groups excluding carboxylic acids is 2. The van der Waals surface area contributed by atoms with Crippen LogP contribution in [0.4, 0.5) is 5.69 Å². The number of aromatic nitrogens is 1. The molecule has 1 N–H and O–H groups in total. The largest absolute Gasteiger partial charge is 0.336 e. The van der Waals surface area contributed by atoms with Crippen molar-refractivity contribution < 1.29 is 9.59 Å². The van der Waals surface area contributed by atoms with Crippen molar-refractivity contribution in [1.82, 2.24) is 4.57 Å². The molecule has 19 heavy (non-hydrogen) atoms. The highest BCUT2D eigenvalue weighted by Gasteiger charge is 2.06. The highest BCUT2D eigenvalue weighted by molar-refractivity contribution is 5.91. The Hall–Kier alpha value is -2.36. The van der Waals surface area contributed by atoms with E-state index in [1.165, 1.54) is 0 Å². The fourth-order valence-electron chi connectivity index (χ4n) is 2.08. The number of nitrogens with zero attached hydrogens (tertiary/aromatic N) is 1. The van der Waals surface area contributed by atoms with Crippen molar-refractivity contribution in [1.29, 1.82) is 0 Å². The van der Waals surface area contributed by atoms with E-state index >= 15 is 0 Å². The minimum Gasteiger partial charge on any atom is -0.336 e. The average molecular weight is 256 g/mol. The number of anilines is 1. The van der Waals surface area contributed by atoms with E-state index < -0.39 is 0 Å². The van der Waals surface area contributed by atoms with Crippen molar-refractivity contribution in [3.05, 3.63) is 53.3 Å². The van der Waals surface area contributed by atoms with Crippen molar-refractivity contribution in [2.75, 3.05) is 5.32 Å². The van der Waals surface area contributed by atoms with Crippen molar-refractivity contribution >= 4 is 17.9 Å². The van der Waals surface area contributed by atoms with Gasteiger partial charge in [-0.05, 0) is 49.2 Å². The zero-order chi connectivity index (χ0) is 13.8. The maximum Gasteiger partial charge on any atom is 0.244 e. The second kappa shape index (κ2) is 5.52. The predicted octanol–water partition coefficient (Wildman–Crippen LogP) is 2.56. The quantitative estimate of drug-likeness (QED) is 0.855. The lowest BCUT2D eigenvalue weighted by molar-refractivity contribution is -0.116. The molecule has 0 aliphatic heterocycles. The number of aldehydes is 1. The standard InChI is InChI=1S/C15H16N2O2/c1-11-6-12(2)8-13(7-11)16-15(19)9-17-5-3-4-14(17)10-18/h3-8,10H,9H2,1-2H3,(H,16,19). The molecule has 2 aromatic rings. The zero-order valence-corrected chi connectivity index (χ0v) is 11.0. The smallest absolute Gasteiger partial charge is 0.244 e. The van der Waals surface area contributed by atoms with Gasteiger partial charge in [0.1, 0.15) is 6.54 Å². The molecule has 0 atom stereocenters. The van der Waals surface area contributed by atoms with Crippen molar-refractivity contribution in [3.63, 3.8) is 0 Å². The van der Waals surface area contributed by atoms with Crippen LogP contribution in [0.15, 0.2) is 36.5 Å². The Labute approximate surface area is 112 Å². The average Bonchev–Trinajstić information content (AvgIpc) is 2.74. The molecule has 0 aliphatic carbocycles. The van der Waals surface area contributed by atoms with E-state index in [1.807, 2.05) is 32.0 Å². The van der Waals surface area contributed by atoms with E-state index in [9.17, 15) is 9.59 Å². The van der Waals surface area contributed by atoms with Gasteiger partial charge in [-0.3, -0.25) is 9.59 Å². The van der Waals surface area contributed by atoms with Crippen LogP contribution in [0, 0.1) is 13.8 Å². The molecule has 2 rings (SSSR count). The lowest BCUT2D eigenvalue weighted by atomic mass is 10.1. The molecule has 0 saturated carbocycles. The van der Waals surface area contributed by atoms with Gasteiger partial charge in [0.15, 0.2) is 6.29 Å². The summed E-state index contributed by atoms with van der Waals surface area (Å²) in [5.74, 6) is -0.149. The van der Waals surface area contributed by atoms with Gasteiger partial charge in [0, 0.05) is 11.9 Å². The minimum absolute atomic E-state index is 0.133. The van der Waals surface area contributed by atoms with Crippen LogP contribution in [0.1, 0.15) is 21.6 Å². The third-order valence-corrected chi connectivity index (χ3v) is 2.80. The van der Waals surface area contributed by atoms with Crippen molar-refractivity contribution in [2.24, 2.45) is 0 Å². The molecular formula is C15H16N2O2. The summed E-state index contributed by atoms with van der Waals surface area (Å²) in [5, 5.41) is 2.84. The fraction of sp³-hybridized carbons (Fsp3) is 0.200. The van der Waals surface area contributed by atoms with Crippen LogP contribution in [0.3, 0.4) is 0 Å². The Morgan fingerprint density at radius 1 is 1.26 bits per heavy atom. The molecule has 1 amide bonds. The third kappa shape index (κ3) is 3.31. The molecule has 0 fully saturated rings. The number of rotatable bonds is 4. The SMILES string of the molecule is Cc1cc(C)cc(NC(=O)Cn2cccc2C=O)c1. The predicted molar refractivity (Wildman–Crippen MR) is 74.4 cm³/mol. The first-order valence-corrected chi connectivity index (χ1v) is 6.07. The molecule has 98 valence electrons. The van der Waals surface area contributed by atoms with Crippen LogP contribution in [-0.2, 0) is 11.3 Å². The monoisotopic (exact) mass is 256 g/mol. The summed E-state index contributed by atoms with van der Waals surface area (Å²) >= 11 is 0. The van der Waals surface area contributed by atoms with Gasteiger partial charge in [0.2, 0.25) is 5.91 Å². The van der Waals surface area contributed by atoms with Gasteiger partial charge in [-0.25, -0.2) is 0 Å². The molecule has 4 heteroatoms. The first kappa shape index (κ1) is 13.1. The lowest BCUT2D eigenvalue weighted by Crippen LogP contribution is -2.19. The number of carbonyl (C=O) groups is 2. The van der Waals surface area contributed by atoms with Crippen LogP contribution in [-0.4, -0.2) is 16.8 Å². The van der Waals surface area contributed by atoms with Crippen LogP contribution in [0.25, 0.3) is 0 Å². The van der Waals surface area contributed by atoms with E-state index in [2.05, 4.69) is 5.32 Å². The Bertz CT molecular complexity index is 594. The molecule has 1 aromatic carbocycles. The lowest BCUT2D eigenvalue weighted by Gasteiger charge is -2.09. The second-order valence-electron chi connectivity index (χ2n) is 4.60. The van der Waals surface area contributed by atoms with Crippen LogP contribution in [0.2, 0.25) is 0 Å². The number of hydrogen-bond donors (Lipinski definition) is 1. The first-order valence-electron chi connectivity index (χ1n) is 6.07. The molecule has 1 heterocycles. The van der Waals surface area contributed by atoms with Crippen LogP contribution >= 0.6 is 0 Å². The van der Waals surface area contributed by atoms with Gasteiger partial charge in [-0.2, -0.15) is 0 Å². The number of amides is 1. The topological polar surface area (TPSA) is 51.1 Å². The summed E-state index contributed by atoms with van der Waals surface area (Å²) < 4.78 is 1.62. The minimum atomic E-state index is -0.149. The molecule has 1 aromatic heterocycles. The molecule has 0 radical (unpaired) electrons. The highest BCUT2D eigenvalue weighted by atomic mass is 16.2. The Morgan fingerprint density at radius 3 is 2.58 bits per heavy atom. The van der Waals surface area contributed by atoms with E-state index in [0.29, 0.717) is 5.69 Å². The van der Waals surface area contributed by atoms with Gasteiger partial charge < -0.3 is 9.88 Å². The van der Waals surface area contributed by atoms with E-state index in [1.54, 1.807) is 22.9 Å². The Balaban J connectivity index is 2.07. The van der Waals surface area contributed by atoms with Gasteiger partial charge >= 0.3 is 0 Å².